The molecule has 104 valence electrons. The lowest BCUT2D eigenvalue weighted by Gasteiger charge is -2.29. The van der Waals surface area contributed by atoms with Gasteiger partial charge in [0.05, 0.1) is 12.1 Å². The van der Waals surface area contributed by atoms with Gasteiger partial charge in [-0.2, -0.15) is 0 Å². The van der Waals surface area contributed by atoms with E-state index in [-0.39, 0.29) is 23.9 Å². The Kier molecular flexibility index (Phi) is 4.95. The van der Waals surface area contributed by atoms with Crippen molar-refractivity contribution in [1.29, 1.82) is 0 Å². The van der Waals surface area contributed by atoms with Gasteiger partial charge in [0.1, 0.15) is 5.41 Å². The molecular weight excluding hydrogens is 234 g/mol. The number of rotatable bonds is 5. The zero-order valence-corrected chi connectivity index (χ0v) is 11.3. The molecule has 3 atom stereocenters. The molecule has 0 heterocycles. The number of nitrogens with two attached hydrogens (primary N) is 1. The van der Waals surface area contributed by atoms with Crippen molar-refractivity contribution < 1.29 is 14.7 Å². The molecule has 6 nitrogen and oxygen atoms in total. The fourth-order valence-corrected chi connectivity index (χ4v) is 2.27. The van der Waals surface area contributed by atoms with Crippen molar-refractivity contribution >= 4 is 11.7 Å². The van der Waals surface area contributed by atoms with Crippen molar-refractivity contribution in [2.24, 2.45) is 16.3 Å². The average Bonchev–Trinajstić information content (AvgIpc) is 2.83. The van der Waals surface area contributed by atoms with E-state index >= 15 is 0 Å². The highest BCUT2D eigenvalue weighted by Crippen LogP contribution is 2.26. The first-order valence-electron chi connectivity index (χ1n) is 6.31. The quantitative estimate of drug-likeness (QED) is 0.294. The smallest absolute Gasteiger partial charge is 0.233 e. The fraction of sp³-hybridized carbons (Fsp3) is 0.833. The summed E-state index contributed by atoms with van der Waals surface area (Å²) < 4.78 is 5.33. The summed E-state index contributed by atoms with van der Waals surface area (Å²) in [5.74, 6) is -0.274. The Labute approximate surface area is 108 Å². The van der Waals surface area contributed by atoms with E-state index < -0.39 is 5.41 Å². The maximum atomic E-state index is 12.3. The van der Waals surface area contributed by atoms with Crippen LogP contribution in [0.3, 0.4) is 0 Å². The highest BCUT2D eigenvalue weighted by atomic mass is 16.5. The Morgan fingerprint density at radius 1 is 1.61 bits per heavy atom. The predicted octanol–water partition coefficient (Wildman–Crippen LogP) is 0.833. The summed E-state index contributed by atoms with van der Waals surface area (Å²) in [7, 11) is 1.65. The number of methoxy groups -OCH3 is 1. The van der Waals surface area contributed by atoms with Crippen molar-refractivity contribution in [3.63, 3.8) is 0 Å². The van der Waals surface area contributed by atoms with E-state index in [0.717, 1.165) is 19.3 Å². The van der Waals surface area contributed by atoms with E-state index in [1.807, 2.05) is 6.92 Å². The molecule has 0 aromatic heterocycles. The van der Waals surface area contributed by atoms with E-state index in [0.29, 0.717) is 6.42 Å². The molecule has 18 heavy (non-hydrogen) atoms. The molecule has 1 aliphatic rings. The van der Waals surface area contributed by atoms with Gasteiger partial charge < -0.3 is 21.0 Å². The van der Waals surface area contributed by atoms with Crippen LogP contribution in [0.1, 0.15) is 39.5 Å². The topological polar surface area (TPSA) is 96.9 Å². The van der Waals surface area contributed by atoms with Crippen LogP contribution in [0.15, 0.2) is 5.16 Å². The summed E-state index contributed by atoms with van der Waals surface area (Å²) >= 11 is 0. The van der Waals surface area contributed by atoms with Crippen LogP contribution in [-0.2, 0) is 9.53 Å². The summed E-state index contributed by atoms with van der Waals surface area (Å²) in [6.07, 6.45) is 3.42. The molecule has 6 heteroatoms. The lowest BCUT2D eigenvalue weighted by atomic mass is 9.85. The van der Waals surface area contributed by atoms with Gasteiger partial charge in [-0.05, 0) is 32.6 Å². The highest BCUT2D eigenvalue weighted by molar-refractivity contribution is 6.06. The molecule has 1 amide bonds. The molecule has 0 aromatic rings. The molecule has 0 bridgehead atoms. The lowest BCUT2D eigenvalue weighted by molar-refractivity contribution is -0.128. The van der Waals surface area contributed by atoms with Crippen LogP contribution >= 0.6 is 0 Å². The van der Waals surface area contributed by atoms with Crippen LogP contribution in [0.5, 0.6) is 0 Å². The molecular formula is C12H23N3O3. The number of carbonyl (C=O) groups excluding carboxylic acids is 1. The molecule has 1 fully saturated rings. The fourth-order valence-electron chi connectivity index (χ4n) is 2.27. The summed E-state index contributed by atoms with van der Waals surface area (Å²) in [5.41, 5.74) is 4.64. The number of hydrogen-bond acceptors (Lipinski definition) is 4. The number of nitrogens with one attached hydrogen (secondary N) is 1. The molecule has 0 radical (unpaired) electrons. The summed E-state index contributed by atoms with van der Waals surface area (Å²) in [5, 5.41) is 14.7. The standard InChI is InChI=1S/C12H23N3O3/c1-4-12(2,10(13)15-17)11(16)14-8-6-5-7-9(8)18-3/h8-9,17H,4-7H2,1-3H3,(H2,13,15)(H,14,16). The molecule has 1 rings (SSSR count). The minimum absolute atomic E-state index is 0.0138. The van der Waals surface area contributed by atoms with E-state index in [1.165, 1.54) is 0 Å². The van der Waals surface area contributed by atoms with Gasteiger partial charge >= 0.3 is 0 Å². The highest BCUT2D eigenvalue weighted by Gasteiger charge is 2.39. The van der Waals surface area contributed by atoms with Gasteiger partial charge in [-0.3, -0.25) is 4.79 Å². The van der Waals surface area contributed by atoms with Gasteiger partial charge in [0, 0.05) is 7.11 Å². The van der Waals surface area contributed by atoms with Crippen LogP contribution in [-0.4, -0.2) is 36.2 Å². The number of hydrogen-bond donors (Lipinski definition) is 3. The monoisotopic (exact) mass is 257 g/mol. The maximum absolute atomic E-state index is 12.3. The third-order valence-electron chi connectivity index (χ3n) is 3.95. The van der Waals surface area contributed by atoms with Crippen molar-refractivity contribution in [2.75, 3.05) is 7.11 Å². The van der Waals surface area contributed by atoms with E-state index in [1.54, 1.807) is 14.0 Å². The zero-order valence-electron chi connectivity index (χ0n) is 11.3. The van der Waals surface area contributed by atoms with Crippen molar-refractivity contribution in [2.45, 2.75) is 51.7 Å². The second-order valence-electron chi connectivity index (χ2n) is 4.96. The first-order chi connectivity index (χ1) is 8.49. The van der Waals surface area contributed by atoms with E-state index in [9.17, 15) is 4.79 Å². The Balaban J connectivity index is 2.74. The molecule has 1 aliphatic carbocycles. The number of amidine groups is 1. The number of amides is 1. The molecule has 0 aliphatic heterocycles. The lowest BCUT2D eigenvalue weighted by Crippen LogP contribution is -2.52. The second-order valence-corrected chi connectivity index (χ2v) is 4.96. The Bertz CT molecular complexity index is 333. The summed E-state index contributed by atoms with van der Waals surface area (Å²) in [4.78, 5) is 12.3. The zero-order chi connectivity index (χ0) is 13.8. The first-order valence-corrected chi connectivity index (χ1v) is 6.31. The third-order valence-corrected chi connectivity index (χ3v) is 3.95. The number of ether oxygens (including phenoxy) is 1. The Morgan fingerprint density at radius 2 is 2.28 bits per heavy atom. The van der Waals surface area contributed by atoms with Gasteiger partial charge in [-0.1, -0.05) is 12.1 Å². The third kappa shape index (κ3) is 2.75. The predicted molar refractivity (Wildman–Crippen MR) is 68.4 cm³/mol. The van der Waals surface area contributed by atoms with Crippen LogP contribution in [0.4, 0.5) is 0 Å². The normalized spacial score (nSPS) is 27.8. The molecule has 1 saturated carbocycles. The van der Waals surface area contributed by atoms with Crippen molar-refractivity contribution in [3.05, 3.63) is 0 Å². The summed E-state index contributed by atoms with van der Waals surface area (Å²) in [6.45, 7) is 3.51. The van der Waals surface area contributed by atoms with E-state index in [4.69, 9.17) is 15.7 Å². The molecule has 0 spiro atoms. The molecule has 0 saturated heterocycles. The molecule has 4 N–H and O–H groups in total. The van der Waals surface area contributed by atoms with Crippen molar-refractivity contribution in [1.82, 2.24) is 5.32 Å². The van der Waals surface area contributed by atoms with Crippen LogP contribution < -0.4 is 11.1 Å². The minimum Gasteiger partial charge on any atom is -0.409 e. The number of carbonyl (C=O) groups is 1. The largest absolute Gasteiger partial charge is 0.409 e. The minimum atomic E-state index is -0.977. The number of oxime groups is 1. The molecule has 0 aromatic carbocycles. The van der Waals surface area contributed by atoms with Gasteiger partial charge in [-0.15, -0.1) is 0 Å². The van der Waals surface area contributed by atoms with E-state index in [2.05, 4.69) is 10.5 Å². The van der Waals surface area contributed by atoms with Crippen LogP contribution in [0, 0.1) is 5.41 Å². The van der Waals surface area contributed by atoms with Gasteiger partial charge in [0.2, 0.25) is 5.91 Å². The van der Waals surface area contributed by atoms with Crippen molar-refractivity contribution in [3.8, 4) is 0 Å². The molecule has 3 unspecified atom stereocenters. The average molecular weight is 257 g/mol. The Morgan fingerprint density at radius 3 is 2.78 bits per heavy atom. The SMILES string of the molecule is CCC(C)(C(=O)NC1CCCC1OC)C(N)=NO. The van der Waals surface area contributed by atoms with Crippen LogP contribution in [0.2, 0.25) is 0 Å². The number of nitrogens with zero attached hydrogens (tertiary/aromatic N) is 1. The van der Waals surface area contributed by atoms with Gasteiger partial charge in [0.15, 0.2) is 5.84 Å². The summed E-state index contributed by atoms with van der Waals surface area (Å²) in [6, 6.07) is 0.0138. The van der Waals surface area contributed by atoms with Crippen LogP contribution in [0.25, 0.3) is 0 Å². The Hall–Kier alpha value is -1.30. The maximum Gasteiger partial charge on any atom is 0.233 e. The second kappa shape index (κ2) is 6.04. The first kappa shape index (κ1) is 14.8. The van der Waals surface area contributed by atoms with Gasteiger partial charge in [0.25, 0.3) is 0 Å². The van der Waals surface area contributed by atoms with Gasteiger partial charge in [-0.25, -0.2) is 0 Å².